The smallest absolute Gasteiger partial charge is 0.298 e. The molecule has 0 aromatic rings. The molecule has 0 aromatic carbocycles. The van der Waals surface area contributed by atoms with E-state index in [4.69, 9.17) is 0 Å². The normalized spacial score (nSPS) is 20.9. The number of unbranched alkanes of at least 4 members (excludes halogenated alkanes) is 7. The van der Waals surface area contributed by atoms with Crippen LogP contribution in [0.5, 0.6) is 0 Å². The van der Waals surface area contributed by atoms with Crippen molar-refractivity contribution >= 4 is 17.8 Å². The maximum Gasteiger partial charge on any atom is 0.331 e. The summed E-state index contributed by atoms with van der Waals surface area (Å²) >= 11 is 0. The molecule has 2 aliphatic rings. The van der Waals surface area contributed by atoms with Crippen LogP contribution in [0, 0.1) is 0 Å². The third kappa shape index (κ3) is 4.66. The number of hydrogen-bond donors (Lipinski definition) is 1. The maximum atomic E-state index is 12.5. The number of amidine groups is 1. The standard InChI is InChI=1S/C18H30N4O2/c1-3-4-5-6-7-8-9-10-11-14-22-17(23)15-16(20-13-12-19-15)21(2)18(22)24/h3,15,19H,1,4-14H2,2H3. The Morgan fingerprint density at radius 2 is 1.83 bits per heavy atom. The molecule has 1 N–H and O–H groups in total. The monoisotopic (exact) mass is 334 g/mol. The lowest BCUT2D eigenvalue weighted by molar-refractivity contribution is -0.130. The summed E-state index contributed by atoms with van der Waals surface area (Å²) in [6.45, 7) is 5.53. The number of allylic oxidation sites excluding steroid dienone is 1. The van der Waals surface area contributed by atoms with Crippen molar-refractivity contribution in [1.82, 2.24) is 15.1 Å². The Morgan fingerprint density at radius 1 is 1.17 bits per heavy atom. The van der Waals surface area contributed by atoms with Crippen LogP contribution in [0.3, 0.4) is 0 Å². The third-order valence-corrected chi connectivity index (χ3v) is 4.66. The topological polar surface area (TPSA) is 65.0 Å². The van der Waals surface area contributed by atoms with Crippen molar-refractivity contribution in [3.05, 3.63) is 12.7 Å². The number of carbonyl (C=O) groups is 2. The van der Waals surface area contributed by atoms with Crippen molar-refractivity contribution in [2.24, 2.45) is 4.99 Å². The summed E-state index contributed by atoms with van der Waals surface area (Å²) in [4.78, 5) is 32.1. The van der Waals surface area contributed by atoms with Gasteiger partial charge in [0.05, 0.1) is 6.54 Å². The highest BCUT2D eigenvalue weighted by Crippen LogP contribution is 2.16. The molecule has 24 heavy (non-hydrogen) atoms. The molecule has 0 saturated carbocycles. The van der Waals surface area contributed by atoms with Gasteiger partial charge in [-0.1, -0.05) is 38.2 Å². The highest BCUT2D eigenvalue weighted by molar-refractivity contribution is 6.20. The number of likely N-dealkylation sites (N-methyl/N-ethyl adjacent to an activating group) is 1. The minimum Gasteiger partial charge on any atom is -0.298 e. The molecule has 0 bridgehead atoms. The number of amides is 3. The Labute approximate surface area is 145 Å². The number of hydrogen-bond acceptors (Lipinski definition) is 4. The minimum atomic E-state index is -0.452. The Hall–Kier alpha value is -1.69. The van der Waals surface area contributed by atoms with Gasteiger partial charge in [0.25, 0.3) is 5.91 Å². The predicted molar refractivity (Wildman–Crippen MR) is 96.1 cm³/mol. The molecule has 6 heteroatoms. The molecule has 134 valence electrons. The van der Waals surface area contributed by atoms with Crippen LogP contribution in [0.2, 0.25) is 0 Å². The van der Waals surface area contributed by atoms with Gasteiger partial charge in [0.15, 0.2) is 0 Å². The summed E-state index contributed by atoms with van der Waals surface area (Å²) in [7, 11) is 1.70. The number of fused-ring (bicyclic) bond motifs is 1. The fraction of sp³-hybridized carbons (Fsp3) is 0.722. The Morgan fingerprint density at radius 3 is 2.54 bits per heavy atom. The molecule has 1 saturated heterocycles. The molecule has 2 aliphatic heterocycles. The number of rotatable bonds is 10. The van der Waals surface area contributed by atoms with Gasteiger partial charge in [-0.2, -0.15) is 0 Å². The third-order valence-electron chi connectivity index (χ3n) is 4.66. The Kier molecular flexibility index (Phi) is 7.43. The van der Waals surface area contributed by atoms with Gasteiger partial charge < -0.3 is 0 Å². The van der Waals surface area contributed by atoms with Crippen molar-refractivity contribution in [2.75, 3.05) is 26.7 Å². The number of nitrogens with one attached hydrogen (secondary N) is 1. The molecule has 1 unspecified atom stereocenters. The minimum absolute atomic E-state index is 0.152. The van der Waals surface area contributed by atoms with E-state index in [9.17, 15) is 9.59 Å². The van der Waals surface area contributed by atoms with Crippen LogP contribution in [0.15, 0.2) is 17.6 Å². The molecule has 1 atom stereocenters. The number of carbonyl (C=O) groups excluding carboxylic acids is 2. The predicted octanol–water partition coefficient (Wildman–Crippen LogP) is 2.56. The molecular formula is C18H30N4O2. The lowest BCUT2D eigenvalue weighted by Gasteiger charge is -2.39. The zero-order valence-electron chi connectivity index (χ0n) is 14.8. The lowest BCUT2D eigenvalue weighted by atomic mass is 10.1. The van der Waals surface area contributed by atoms with Crippen molar-refractivity contribution in [3.8, 4) is 0 Å². The summed E-state index contributed by atoms with van der Waals surface area (Å²) in [5.41, 5.74) is 0. The second-order valence-corrected chi connectivity index (χ2v) is 6.51. The highest BCUT2D eigenvalue weighted by atomic mass is 16.2. The maximum absolute atomic E-state index is 12.5. The fourth-order valence-electron chi connectivity index (χ4n) is 3.24. The van der Waals surface area contributed by atoms with Crippen molar-refractivity contribution in [1.29, 1.82) is 0 Å². The van der Waals surface area contributed by atoms with Crippen LogP contribution >= 0.6 is 0 Å². The van der Waals surface area contributed by atoms with Gasteiger partial charge >= 0.3 is 6.03 Å². The lowest BCUT2D eigenvalue weighted by Crippen LogP contribution is -2.66. The van der Waals surface area contributed by atoms with Crippen LogP contribution in [-0.4, -0.2) is 60.3 Å². The SMILES string of the molecule is C=CCCCCCCCCCN1C(=O)C2NCCN=C2N(C)C1=O. The average Bonchev–Trinajstić information content (AvgIpc) is 2.61. The van der Waals surface area contributed by atoms with Crippen molar-refractivity contribution < 1.29 is 9.59 Å². The van der Waals surface area contributed by atoms with E-state index in [0.29, 0.717) is 25.5 Å². The molecule has 0 spiro atoms. The zero-order chi connectivity index (χ0) is 17.4. The Balaban J connectivity index is 1.69. The average molecular weight is 334 g/mol. The molecule has 0 aromatic heterocycles. The molecular weight excluding hydrogens is 304 g/mol. The summed E-state index contributed by atoms with van der Waals surface area (Å²) in [6.07, 6.45) is 11.1. The number of urea groups is 1. The van der Waals surface area contributed by atoms with Crippen molar-refractivity contribution in [2.45, 2.75) is 57.4 Å². The largest absolute Gasteiger partial charge is 0.331 e. The number of aliphatic imine (C=N–C) groups is 1. The van der Waals surface area contributed by atoms with E-state index in [1.54, 1.807) is 7.05 Å². The van der Waals surface area contributed by atoms with Crippen LogP contribution in [-0.2, 0) is 4.79 Å². The van der Waals surface area contributed by atoms with Gasteiger partial charge in [-0.3, -0.25) is 24.9 Å². The van der Waals surface area contributed by atoms with Crippen LogP contribution in [0.25, 0.3) is 0 Å². The van der Waals surface area contributed by atoms with Gasteiger partial charge in [0.1, 0.15) is 11.9 Å². The first-order valence-corrected chi connectivity index (χ1v) is 9.14. The molecule has 2 rings (SSSR count). The first-order valence-electron chi connectivity index (χ1n) is 9.14. The summed E-state index contributed by atoms with van der Waals surface area (Å²) in [5, 5.41) is 3.16. The first-order chi connectivity index (χ1) is 11.7. The van der Waals surface area contributed by atoms with E-state index < -0.39 is 6.04 Å². The zero-order valence-corrected chi connectivity index (χ0v) is 14.8. The summed E-state index contributed by atoms with van der Waals surface area (Å²) in [5.74, 6) is 0.410. The van der Waals surface area contributed by atoms with Gasteiger partial charge in [0, 0.05) is 20.1 Å². The second-order valence-electron chi connectivity index (χ2n) is 6.51. The second kappa shape index (κ2) is 9.57. The molecule has 0 radical (unpaired) electrons. The van der Waals surface area contributed by atoms with E-state index >= 15 is 0 Å². The number of nitrogens with zero attached hydrogens (tertiary/aromatic N) is 3. The molecule has 0 aliphatic carbocycles. The van der Waals surface area contributed by atoms with Crippen LogP contribution in [0.4, 0.5) is 4.79 Å². The van der Waals surface area contributed by atoms with E-state index in [1.165, 1.54) is 35.5 Å². The summed E-state index contributed by atoms with van der Waals surface area (Å²) < 4.78 is 0. The van der Waals surface area contributed by atoms with Gasteiger partial charge in [-0.25, -0.2) is 4.79 Å². The molecule has 6 nitrogen and oxygen atoms in total. The number of imide groups is 1. The van der Waals surface area contributed by atoms with Crippen LogP contribution < -0.4 is 5.32 Å². The highest BCUT2D eigenvalue weighted by Gasteiger charge is 2.42. The van der Waals surface area contributed by atoms with Gasteiger partial charge in [-0.05, 0) is 19.3 Å². The van der Waals surface area contributed by atoms with E-state index in [0.717, 1.165) is 25.7 Å². The quantitative estimate of drug-likeness (QED) is 0.493. The molecule has 3 amide bonds. The fourth-order valence-corrected chi connectivity index (χ4v) is 3.24. The molecule has 1 fully saturated rings. The summed E-state index contributed by atoms with van der Waals surface area (Å²) in [6, 6.07) is -0.700. The van der Waals surface area contributed by atoms with Crippen molar-refractivity contribution in [3.63, 3.8) is 0 Å². The van der Waals surface area contributed by atoms with Crippen LogP contribution in [0.1, 0.15) is 51.4 Å². The van der Waals surface area contributed by atoms with E-state index in [-0.39, 0.29) is 11.9 Å². The molecule has 2 heterocycles. The van der Waals surface area contributed by atoms with Gasteiger partial charge in [-0.15, -0.1) is 6.58 Å². The van der Waals surface area contributed by atoms with E-state index in [1.807, 2.05) is 6.08 Å². The first kappa shape index (κ1) is 18.6. The van der Waals surface area contributed by atoms with Gasteiger partial charge in [0.2, 0.25) is 0 Å². The Bertz CT molecular complexity index is 489. The van der Waals surface area contributed by atoms with E-state index in [2.05, 4.69) is 16.9 Å².